The number of pyridine rings is 1. The van der Waals surface area contributed by atoms with Crippen molar-refractivity contribution in [2.45, 2.75) is 6.92 Å². The number of aromatic nitrogens is 1. The van der Waals surface area contributed by atoms with Gasteiger partial charge in [0.15, 0.2) is 0 Å². The summed E-state index contributed by atoms with van der Waals surface area (Å²) >= 11 is 0. The Morgan fingerprint density at radius 1 is 1.57 bits per heavy atom. The molecule has 0 aromatic carbocycles. The van der Waals surface area contributed by atoms with Crippen LogP contribution in [0, 0.1) is 5.82 Å². The van der Waals surface area contributed by atoms with Gasteiger partial charge in [-0.05, 0) is 24.6 Å². The van der Waals surface area contributed by atoms with Gasteiger partial charge >= 0.3 is 5.97 Å². The van der Waals surface area contributed by atoms with E-state index in [1.54, 1.807) is 6.92 Å². The second kappa shape index (κ2) is 4.50. The number of nitrogens with zero attached hydrogens (tertiary/aromatic N) is 1. The minimum absolute atomic E-state index is 0.403. The first-order chi connectivity index (χ1) is 6.63. The smallest absolute Gasteiger partial charge is 0.330 e. The summed E-state index contributed by atoms with van der Waals surface area (Å²) < 4.78 is 17.0. The molecule has 4 heteroatoms. The molecule has 0 bridgehead atoms. The van der Waals surface area contributed by atoms with Gasteiger partial charge < -0.3 is 4.74 Å². The van der Waals surface area contributed by atoms with E-state index in [2.05, 4.69) is 9.72 Å². The predicted molar refractivity (Wildman–Crippen MR) is 49.9 cm³/mol. The maximum Gasteiger partial charge on any atom is 0.330 e. The minimum atomic E-state index is -0.450. The summed E-state index contributed by atoms with van der Waals surface area (Å²) in [5.41, 5.74) is 1.19. The van der Waals surface area contributed by atoms with Crippen molar-refractivity contribution in [2.75, 3.05) is 7.11 Å². The minimum Gasteiger partial charge on any atom is -0.466 e. The lowest BCUT2D eigenvalue weighted by atomic mass is 10.2. The van der Waals surface area contributed by atoms with Crippen LogP contribution >= 0.6 is 0 Å². The summed E-state index contributed by atoms with van der Waals surface area (Å²) in [7, 11) is 1.30. The van der Waals surface area contributed by atoms with Crippen LogP contribution in [0.25, 0.3) is 5.57 Å². The van der Waals surface area contributed by atoms with E-state index in [1.807, 2.05) is 0 Å². The van der Waals surface area contributed by atoms with Crippen LogP contribution in [0.4, 0.5) is 4.39 Å². The number of hydrogen-bond donors (Lipinski definition) is 0. The predicted octanol–water partition coefficient (Wildman–Crippen LogP) is 1.80. The van der Waals surface area contributed by atoms with Crippen molar-refractivity contribution < 1.29 is 13.9 Å². The topological polar surface area (TPSA) is 39.2 Å². The molecule has 74 valence electrons. The molecule has 0 radical (unpaired) electrons. The summed E-state index contributed by atoms with van der Waals surface area (Å²) in [4.78, 5) is 14.7. The second-order valence-electron chi connectivity index (χ2n) is 2.71. The Morgan fingerprint density at radius 3 is 2.79 bits per heavy atom. The van der Waals surface area contributed by atoms with E-state index in [1.165, 1.54) is 25.3 Å². The van der Waals surface area contributed by atoms with Crippen LogP contribution in [0.5, 0.6) is 0 Å². The molecular weight excluding hydrogens is 185 g/mol. The Kier molecular flexibility index (Phi) is 3.34. The molecule has 3 nitrogen and oxygen atoms in total. The third kappa shape index (κ3) is 2.65. The van der Waals surface area contributed by atoms with Gasteiger partial charge in [-0.3, -0.25) is 4.98 Å². The Hall–Kier alpha value is -1.71. The van der Waals surface area contributed by atoms with Crippen LogP contribution in [0.3, 0.4) is 0 Å². The number of methoxy groups -OCH3 is 1. The molecule has 0 amide bonds. The van der Waals surface area contributed by atoms with Crippen LogP contribution in [0.15, 0.2) is 24.4 Å². The van der Waals surface area contributed by atoms with Gasteiger partial charge in [-0.2, -0.15) is 0 Å². The number of allylic oxidation sites excluding steroid dienone is 1. The number of halogens is 1. The number of esters is 1. The molecule has 0 aliphatic rings. The van der Waals surface area contributed by atoms with E-state index in [0.29, 0.717) is 11.3 Å². The summed E-state index contributed by atoms with van der Waals surface area (Å²) in [5, 5.41) is 0. The average molecular weight is 195 g/mol. The quantitative estimate of drug-likeness (QED) is 0.533. The van der Waals surface area contributed by atoms with Crippen molar-refractivity contribution in [3.63, 3.8) is 0 Å². The van der Waals surface area contributed by atoms with Gasteiger partial charge in [0.1, 0.15) is 5.82 Å². The average Bonchev–Trinajstić information content (AvgIpc) is 2.18. The summed E-state index contributed by atoms with van der Waals surface area (Å²) in [5.74, 6) is -0.853. The van der Waals surface area contributed by atoms with E-state index in [0.717, 1.165) is 6.20 Å². The van der Waals surface area contributed by atoms with Gasteiger partial charge in [0.2, 0.25) is 0 Å². The molecule has 0 N–H and O–H groups in total. The lowest BCUT2D eigenvalue weighted by Crippen LogP contribution is -1.96. The molecular formula is C10H10FNO2. The Bertz CT molecular complexity index is 357. The van der Waals surface area contributed by atoms with Crippen molar-refractivity contribution in [1.82, 2.24) is 4.98 Å². The van der Waals surface area contributed by atoms with Crippen molar-refractivity contribution in [1.29, 1.82) is 0 Å². The standard InChI is InChI=1S/C10H10FNO2/c1-7(5-10(13)14-2)9-4-3-8(11)6-12-9/h3-6H,1-2H3/b7-5-. The summed E-state index contributed by atoms with van der Waals surface area (Å²) in [6, 6.07) is 2.79. The first-order valence-electron chi connectivity index (χ1n) is 4.01. The van der Waals surface area contributed by atoms with Crippen LogP contribution < -0.4 is 0 Å². The highest BCUT2D eigenvalue weighted by atomic mass is 19.1. The molecule has 1 aromatic rings. The number of rotatable bonds is 2. The van der Waals surface area contributed by atoms with Crippen molar-refractivity contribution in [3.05, 3.63) is 35.9 Å². The monoisotopic (exact) mass is 195 g/mol. The zero-order valence-corrected chi connectivity index (χ0v) is 7.95. The van der Waals surface area contributed by atoms with Gasteiger partial charge in [0.25, 0.3) is 0 Å². The molecule has 0 spiro atoms. The first-order valence-corrected chi connectivity index (χ1v) is 4.01. The van der Waals surface area contributed by atoms with E-state index >= 15 is 0 Å². The third-order valence-corrected chi connectivity index (χ3v) is 1.67. The van der Waals surface area contributed by atoms with Crippen LogP contribution in [-0.2, 0) is 9.53 Å². The van der Waals surface area contributed by atoms with E-state index in [-0.39, 0.29) is 0 Å². The Morgan fingerprint density at radius 2 is 2.29 bits per heavy atom. The second-order valence-corrected chi connectivity index (χ2v) is 2.71. The van der Waals surface area contributed by atoms with Crippen LogP contribution in [0.1, 0.15) is 12.6 Å². The molecule has 0 saturated carbocycles. The van der Waals surface area contributed by atoms with Crippen molar-refractivity contribution in [3.8, 4) is 0 Å². The maximum atomic E-state index is 12.5. The molecule has 1 aromatic heterocycles. The molecule has 0 saturated heterocycles. The molecule has 1 heterocycles. The fourth-order valence-electron chi connectivity index (χ4n) is 0.919. The van der Waals surface area contributed by atoms with Gasteiger partial charge in [-0.1, -0.05) is 0 Å². The highest BCUT2D eigenvalue weighted by molar-refractivity contribution is 5.90. The molecule has 0 aliphatic heterocycles. The highest BCUT2D eigenvalue weighted by Crippen LogP contribution is 2.10. The summed E-state index contributed by atoms with van der Waals surface area (Å²) in [6.07, 6.45) is 2.41. The Labute approximate surface area is 81.2 Å². The van der Waals surface area contributed by atoms with Crippen molar-refractivity contribution in [2.24, 2.45) is 0 Å². The molecule has 0 atom stereocenters. The fraction of sp³-hybridized carbons (Fsp3) is 0.200. The SMILES string of the molecule is COC(=O)/C=C(/C)c1ccc(F)cn1. The van der Waals surface area contributed by atoms with E-state index < -0.39 is 11.8 Å². The lowest BCUT2D eigenvalue weighted by molar-refractivity contribution is -0.134. The van der Waals surface area contributed by atoms with Crippen LogP contribution in [0.2, 0.25) is 0 Å². The van der Waals surface area contributed by atoms with Gasteiger partial charge in [-0.15, -0.1) is 0 Å². The molecule has 0 fully saturated rings. The normalized spacial score (nSPS) is 11.2. The van der Waals surface area contributed by atoms with Crippen molar-refractivity contribution >= 4 is 11.5 Å². The lowest BCUT2D eigenvalue weighted by Gasteiger charge is -1.99. The Balaban J connectivity index is 2.89. The highest BCUT2D eigenvalue weighted by Gasteiger charge is 2.01. The number of carbonyl (C=O) groups is 1. The van der Waals surface area contributed by atoms with Gasteiger partial charge in [0, 0.05) is 6.08 Å². The zero-order valence-electron chi connectivity index (χ0n) is 7.95. The van der Waals surface area contributed by atoms with E-state index in [4.69, 9.17) is 0 Å². The zero-order chi connectivity index (χ0) is 10.6. The largest absolute Gasteiger partial charge is 0.466 e. The summed E-state index contributed by atoms with van der Waals surface area (Å²) in [6.45, 7) is 1.71. The molecule has 1 rings (SSSR count). The molecule has 0 unspecified atom stereocenters. The maximum absolute atomic E-state index is 12.5. The molecule has 14 heavy (non-hydrogen) atoms. The van der Waals surface area contributed by atoms with Gasteiger partial charge in [-0.25, -0.2) is 9.18 Å². The first kappa shape index (κ1) is 10.4. The fourth-order valence-corrected chi connectivity index (χ4v) is 0.919. The molecule has 0 aliphatic carbocycles. The third-order valence-electron chi connectivity index (χ3n) is 1.67. The van der Waals surface area contributed by atoms with E-state index in [9.17, 15) is 9.18 Å². The number of ether oxygens (including phenoxy) is 1. The van der Waals surface area contributed by atoms with Gasteiger partial charge in [0.05, 0.1) is 19.0 Å². The number of carbonyl (C=O) groups excluding carboxylic acids is 1. The van der Waals surface area contributed by atoms with Crippen LogP contribution in [-0.4, -0.2) is 18.1 Å². The number of hydrogen-bond acceptors (Lipinski definition) is 3.